The molecule has 6 nitrogen and oxygen atoms in total. The third-order valence-electron chi connectivity index (χ3n) is 3.15. The van der Waals surface area contributed by atoms with Gasteiger partial charge in [-0.1, -0.05) is 11.6 Å². The number of carbonyl (C=O) groups excluding carboxylic acids is 2. The second-order valence-corrected chi connectivity index (χ2v) is 5.32. The number of benzene rings is 2. The molecule has 126 valence electrons. The summed E-state index contributed by atoms with van der Waals surface area (Å²) >= 11 is 5.78. The molecule has 7 heteroatoms. The fourth-order valence-electron chi connectivity index (χ4n) is 1.81. The van der Waals surface area contributed by atoms with Crippen LogP contribution in [0.15, 0.2) is 48.5 Å². The first-order chi connectivity index (χ1) is 11.5. The Labute approximate surface area is 144 Å². The molecule has 0 saturated carbocycles. The molecule has 0 spiro atoms. The minimum absolute atomic E-state index is 0.391. The van der Waals surface area contributed by atoms with Gasteiger partial charge in [0.05, 0.1) is 7.11 Å². The number of methoxy groups -OCH3 is 1. The number of hydrogen-bond donors (Lipinski definition) is 2. The second kappa shape index (κ2) is 8.21. The Balaban J connectivity index is 1.84. The Bertz CT molecular complexity index is 702. The summed E-state index contributed by atoms with van der Waals surface area (Å²) in [6.45, 7) is 1.57. The number of amides is 2. The Morgan fingerprint density at radius 3 is 2.12 bits per heavy atom. The topological polar surface area (TPSA) is 76.7 Å². The van der Waals surface area contributed by atoms with Gasteiger partial charge in [0.15, 0.2) is 6.10 Å². The molecule has 2 N–H and O–H groups in total. The van der Waals surface area contributed by atoms with Gasteiger partial charge in [0.1, 0.15) is 11.5 Å². The van der Waals surface area contributed by atoms with Crippen molar-refractivity contribution < 1.29 is 19.1 Å². The third kappa shape index (κ3) is 4.89. The van der Waals surface area contributed by atoms with E-state index in [1.807, 2.05) is 0 Å². The van der Waals surface area contributed by atoms with Gasteiger partial charge in [0.25, 0.3) is 11.8 Å². The predicted molar refractivity (Wildman–Crippen MR) is 90.1 cm³/mol. The van der Waals surface area contributed by atoms with E-state index in [2.05, 4.69) is 10.9 Å². The maximum atomic E-state index is 12.0. The van der Waals surface area contributed by atoms with E-state index in [-0.39, 0.29) is 0 Å². The van der Waals surface area contributed by atoms with E-state index in [0.29, 0.717) is 22.1 Å². The van der Waals surface area contributed by atoms with Crippen molar-refractivity contribution in [1.29, 1.82) is 0 Å². The molecule has 0 aliphatic carbocycles. The molecule has 24 heavy (non-hydrogen) atoms. The fraction of sp³-hybridized carbons (Fsp3) is 0.176. The molecule has 0 aromatic heterocycles. The van der Waals surface area contributed by atoms with Gasteiger partial charge < -0.3 is 9.47 Å². The minimum atomic E-state index is -0.789. The summed E-state index contributed by atoms with van der Waals surface area (Å²) in [6, 6.07) is 13.1. The van der Waals surface area contributed by atoms with Crippen LogP contribution in [0.1, 0.15) is 17.3 Å². The molecule has 0 aliphatic heterocycles. The van der Waals surface area contributed by atoms with Gasteiger partial charge in [-0.2, -0.15) is 0 Å². The van der Waals surface area contributed by atoms with Crippen LogP contribution >= 0.6 is 11.6 Å². The molecule has 1 unspecified atom stereocenters. The molecular formula is C17H17ClN2O4. The van der Waals surface area contributed by atoms with Crippen molar-refractivity contribution in [3.05, 3.63) is 59.1 Å². The van der Waals surface area contributed by atoms with Crippen LogP contribution in [0.2, 0.25) is 5.02 Å². The highest BCUT2D eigenvalue weighted by Gasteiger charge is 2.16. The average molecular weight is 349 g/mol. The van der Waals surface area contributed by atoms with Crippen LogP contribution in [0.25, 0.3) is 0 Å². The standard InChI is InChI=1S/C17H17ClN2O4/c1-11(24-15-9-5-13(18)6-10-15)16(21)19-20-17(22)12-3-7-14(23-2)8-4-12/h3-11H,1-2H3,(H,19,21)(H,20,22). The summed E-state index contributed by atoms with van der Waals surface area (Å²) < 4.78 is 10.5. The average Bonchev–Trinajstić information content (AvgIpc) is 2.61. The van der Waals surface area contributed by atoms with Crippen LogP contribution < -0.4 is 20.3 Å². The lowest BCUT2D eigenvalue weighted by Gasteiger charge is -2.15. The van der Waals surface area contributed by atoms with Crippen LogP contribution in [-0.2, 0) is 4.79 Å². The summed E-state index contributed by atoms with van der Waals surface area (Å²) in [7, 11) is 1.54. The highest BCUT2D eigenvalue weighted by Crippen LogP contribution is 2.16. The molecule has 0 bridgehead atoms. The molecule has 0 fully saturated rings. The Morgan fingerprint density at radius 2 is 1.54 bits per heavy atom. The molecule has 0 heterocycles. The lowest BCUT2D eigenvalue weighted by molar-refractivity contribution is -0.128. The number of ether oxygens (including phenoxy) is 2. The van der Waals surface area contributed by atoms with Gasteiger partial charge in [0, 0.05) is 10.6 Å². The first kappa shape index (κ1) is 17.6. The maximum Gasteiger partial charge on any atom is 0.279 e. The van der Waals surface area contributed by atoms with E-state index < -0.39 is 17.9 Å². The molecule has 1 atom stereocenters. The van der Waals surface area contributed by atoms with Crippen molar-refractivity contribution in [1.82, 2.24) is 10.9 Å². The number of carbonyl (C=O) groups is 2. The highest BCUT2D eigenvalue weighted by atomic mass is 35.5. The van der Waals surface area contributed by atoms with Gasteiger partial charge in [-0.25, -0.2) is 0 Å². The SMILES string of the molecule is COc1ccc(C(=O)NNC(=O)C(C)Oc2ccc(Cl)cc2)cc1. The Hall–Kier alpha value is -2.73. The Morgan fingerprint density at radius 1 is 0.958 bits per heavy atom. The van der Waals surface area contributed by atoms with E-state index in [1.165, 1.54) is 7.11 Å². The summed E-state index contributed by atoms with van der Waals surface area (Å²) in [5, 5.41) is 0.575. The van der Waals surface area contributed by atoms with E-state index in [9.17, 15) is 9.59 Å². The molecule has 2 rings (SSSR count). The zero-order valence-electron chi connectivity index (χ0n) is 13.2. The normalized spacial score (nSPS) is 11.3. The van der Waals surface area contributed by atoms with Crippen molar-refractivity contribution in [2.75, 3.05) is 7.11 Å². The van der Waals surface area contributed by atoms with Gasteiger partial charge in [-0.3, -0.25) is 20.4 Å². The zero-order valence-corrected chi connectivity index (χ0v) is 14.0. The summed E-state index contributed by atoms with van der Waals surface area (Å²) in [4.78, 5) is 23.9. The number of nitrogens with one attached hydrogen (secondary N) is 2. The predicted octanol–water partition coefficient (Wildman–Crippen LogP) is 2.58. The van der Waals surface area contributed by atoms with Crippen LogP contribution in [0.4, 0.5) is 0 Å². The first-order valence-corrected chi connectivity index (χ1v) is 7.54. The molecular weight excluding hydrogens is 332 g/mol. The van der Waals surface area contributed by atoms with Crippen molar-refractivity contribution >= 4 is 23.4 Å². The number of hydrogen-bond acceptors (Lipinski definition) is 4. The largest absolute Gasteiger partial charge is 0.497 e. The molecule has 0 radical (unpaired) electrons. The minimum Gasteiger partial charge on any atom is -0.497 e. The molecule has 0 aliphatic rings. The van der Waals surface area contributed by atoms with Crippen molar-refractivity contribution in [3.8, 4) is 11.5 Å². The number of halogens is 1. The molecule has 2 aromatic rings. The van der Waals surface area contributed by atoms with E-state index in [4.69, 9.17) is 21.1 Å². The summed E-state index contributed by atoms with van der Waals surface area (Å²) in [6.07, 6.45) is -0.789. The van der Waals surface area contributed by atoms with Crippen molar-refractivity contribution in [3.63, 3.8) is 0 Å². The smallest absolute Gasteiger partial charge is 0.279 e. The third-order valence-corrected chi connectivity index (χ3v) is 3.40. The zero-order chi connectivity index (χ0) is 17.5. The van der Waals surface area contributed by atoms with Crippen LogP contribution in [0.3, 0.4) is 0 Å². The van der Waals surface area contributed by atoms with Gasteiger partial charge >= 0.3 is 0 Å². The maximum absolute atomic E-state index is 12.0. The van der Waals surface area contributed by atoms with Crippen LogP contribution in [0, 0.1) is 0 Å². The van der Waals surface area contributed by atoms with Crippen molar-refractivity contribution in [2.24, 2.45) is 0 Å². The van der Waals surface area contributed by atoms with E-state index in [0.717, 1.165) is 0 Å². The van der Waals surface area contributed by atoms with E-state index >= 15 is 0 Å². The van der Waals surface area contributed by atoms with Gasteiger partial charge in [-0.05, 0) is 55.5 Å². The van der Waals surface area contributed by atoms with Crippen molar-refractivity contribution in [2.45, 2.75) is 13.0 Å². The number of hydrazine groups is 1. The van der Waals surface area contributed by atoms with E-state index in [1.54, 1.807) is 55.5 Å². The quantitative estimate of drug-likeness (QED) is 0.814. The lowest BCUT2D eigenvalue weighted by atomic mass is 10.2. The van der Waals surface area contributed by atoms with Gasteiger partial charge in [0.2, 0.25) is 0 Å². The monoisotopic (exact) mass is 348 g/mol. The van der Waals surface area contributed by atoms with Gasteiger partial charge in [-0.15, -0.1) is 0 Å². The molecule has 0 saturated heterocycles. The lowest BCUT2D eigenvalue weighted by Crippen LogP contribution is -2.47. The summed E-state index contributed by atoms with van der Waals surface area (Å²) in [5.41, 5.74) is 5.04. The summed E-state index contributed by atoms with van der Waals surface area (Å²) in [5.74, 6) is 0.223. The highest BCUT2D eigenvalue weighted by molar-refractivity contribution is 6.30. The first-order valence-electron chi connectivity index (χ1n) is 7.16. The molecule has 2 amide bonds. The van der Waals surface area contributed by atoms with Crippen LogP contribution in [-0.4, -0.2) is 25.0 Å². The Kier molecular flexibility index (Phi) is 6.03. The fourth-order valence-corrected chi connectivity index (χ4v) is 1.93. The second-order valence-electron chi connectivity index (χ2n) is 4.89. The number of rotatable bonds is 5. The molecule has 2 aromatic carbocycles. The van der Waals surface area contributed by atoms with Crippen LogP contribution in [0.5, 0.6) is 11.5 Å².